The number of aryl methyl sites for hydroxylation is 1. The van der Waals surface area contributed by atoms with Crippen molar-refractivity contribution < 1.29 is 4.79 Å². The second-order valence-corrected chi connectivity index (χ2v) is 6.60. The van der Waals surface area contributed by atoms with Crippen molar-refractivity contribution in [1.82, 2.24) is 4.90 Å². The van der Waals surface area contributed by atoms with E-state index in [0.717, 1.165) is 43.7 Å². The number of nitrogens with zero attached hydrogens (tertiary/aromatic N) is 1. The lowest BCUT2D eigenvalue weighted by atomic mass is 9.92. The van der Waals surface area contributed by atoms with Gasteiger partial charge in [0.15, 0.2) is 5.78 Å². The number of Topliss-reactive ketones (excluding diaryl/α,β-unsaturated/α-hetero) is 1. The zero-order valence-corrected chi connectivity index (χ0v) is 12.5. The molecule has 108 valence electrons. The number of hydrogen-bond acceptors (Lipinski definition) is 2. The van der Waals surface area contributed by atoms with Crippen LogP contribution >= 0.6 is 0 Å². The van der Waals surface area contributed by atoms with Gasteiger partial charge in [-0.25, -0.2) is 0 Å². The van der Waals surface area contributed by atoms with Crippen LogP contribution in [0.1, 0.15) is 48.0 Å². The molecule has 0 spiro atoms. The molecule has 3 rings (SSSR count). The van der Waals surface area contributed by atoms with Crippen molar-refractivity contribution >= 4 is 5.78 Å². The summed E-state index contributed by atoms with van der Waals surface area (Å²) in [6.45, 7) is 2.28. The first-order valence-corrected chi connectivity index (χ1v) is 8.04. The van der Waals surface area contributed by atoms with E-state index in [2.05, 4.69) is 24.1 Å². The Bertz CT molecular complexity index is 478. The lowest BCUT2D eigenvalue weighted by molar-refractivity contribution is 0.0900. The normalized spacial score (nSPS) is 22.7. The van der Waals surface area contributed by atoms with Gasteiger partial charge in [0, 0.05) is 18.0 Å². The molecule has 0 radical (unpaired) electrons. The maximum atomic E-state index is 12.7. The van der Waals surface area contributed by atoms with Crippen LogP contribution in [0.2, 0.25) is 0 Å². The smallest absolute Gasteiger partial charge is 0.166 e. The van der Waals surface area contributed by atoms with Crippen LogP contribution in [-0.4, -0.2) is 30.8 Å². The van der Waals surface area contributed by atoms with Crippen LogP contribution in [-0.2, 0) is 6.42 Å². The fraction of sp³-hybridized carbons (Fsp3) is 0.611. The number of fused-ring (bicyclic) bond motifs is 1. The molecule has 1 aromatic rings. The van der Waals surface area contributed by atoms with E-state index in [1.165, 1.54) is 24.9 Å². The number of benzene rings is 1. The molecule has 2 aliphatic carbocycles. The van der Waals surface area contributed by atoms with E-state index in [9.17, 15) is 4.79 Å². The molecule has 0 N–H and O–H groups in total. The minimum atomic E-state index is 0.236. The third kappa shape index (κ3) is 3.29. The average Bonchev–Trinajstić information content (AvgIpc) is 3.26. The summed E-state index contributed by atoms with van der Waals surface area (Å²) >= 11 is 0. The van der Waals surface area contributed by atoms with Gasteiger partial charge in [0.25, 0.3) is 0 Å². The monoisotopic (exact) mass is 271 g/mol. The summed E-state index contributed by atoms with van der Waals surface area (Å²) in [7, 11) is 2.20. The highest BCUT2D eigenvalue weighted by Crippen LogP contribution is 2.30. The zero-order chi connectivity index (χ0) is 13.9. The van der Waals surface area contributed by atoms with Gasteiger partial charge in [-0.05, 0) is 63.6 Å². The van der Waals surface area contributed by atoms with Crippen molar-refractivity contribution in [3.8, 4) is 0 Å². The predicted octanol–water partition coefficient (Wildman–Crippen LogP) is 3.55. The minimum absolute atomic E-state index is 0.236. The Morgan fingerprint density at radius 2 is 2.00 bits per heavy atom. The second kappa shape index (κ2) is 6.09. The molecule has 1 atom stereocenters. The maximum Gasteiger partial charge on any atom is 0.166 e. The molecule has 1 unspecified atom stereocenters. The van der Waals surface area contributed by atoms with E-state index < -0.39 is 0 Å². The molecule has 2 nitrogen and oxygen atoms in total. The Hall–Kier alpha value is -1.15. The topological polar surface area (TPSA) is 20.3 Å². The van der Waals surface area contributed by atoms with Crippen LogP contribution < -0.4 is 0 Å². The Morgan fingerprint density at radius 1 is 1.20 bits per heavy atom. The average molecular weight is 271 g/mol. The number of rotatable bonds is 5. The molecule has 0 heterocycles. The highest BCUT2D eigenvalue weighted by Gasteiger charge is 2.26. The van der Waals surface area contributed by atoms with E-state index in [1.54, 1.807) is 0 Å². The largest absolute Gasteiger partial charge is 0.306 e. The maximum absolute atomic E-state index is 12.7. The fourth-order valence-electron chi connectivity index (χ4n) is 3.35. The van der Waals surface area contributed by atoms with Gasteiger partial charge in [-0.3, -0.25) is 4.79 Å². The summed E-state index contributed by atoms with van der Waals surface area (Å²) in [4.78, 5) is 15.1. The van der Waals surface area contributed by atoms with E-state index in [1.807, 2.05) is 12.1 Å². The van der Waals surface area contributed by atoms with Crippen molar-refractivity contribution in [1.29, 1.82) is 0 Å². The van der Waals surface area contributed by atoms with Crippen molar-refractivity contribution in [3.05, 3.63) is 35.4 Å². The lowest BCUT2D eigenvalue weighted by Crippen LogP contribution is -2.26. The highest BCUT2D eigenvalue weighted by molar-refractivity contribution is 5.99. The van der Waals surface area contributed by atoms with Crippen molar-refractivity contribution in [3.63, 3.8) is 0 Å². The molecule has 0 amide bonds. The van der Waals surface area contributed by atoms with Crippen LogP contribution in [0.15, 0.2) is 24.3 Å². The number of hydrogen-bond donors (Lipinski definition) is 0. The van der Waals surface area contributed by atoms with E-state index in [0.29, 0.717) is 5.78 Å². The van der Waals surface area contributed by atoms with Gasteiger partial charge >= 0.3 is 0 Å². The third-order valence-electron chi connectivity index (χ3n) is 4.78. The highest BCUT2D eigenvalue weighted by atomic mass is 16.1. The molecule has 1 fully saturated rings. The Balaban J connectivity index is 1.60. The molecular formula is C18H25NO. The van der Waals surface area contributed by atoms with Gasteiger partial charge in [-0.2, -0.15) is 0 Å². The molecule has 0 aliphatic heterocycles. The SMILES string of the molecule is CN(CCC1CCCc2ccccc2C1=O)CC1CC1. The standard InChI is InChI=1S/C18H25NO/c1-19(13-14-9-10-14)12-11-16-7-4-6-15-5-2-3-8-17(15)18(16)20/h2-3,5,8,14,16H,4,6-7,9-13H2,1H3. The van der Waals surface area contributed by atoms with Gasteiger partial charge in [0.2, 0.25) is 0 Å². The number of carbonyl (C=O) groups excluding carboxylic acids is 1. The zero-order valence-electron chi connectivity index (χ0n) is 12.5. The molecule has 0 saturated heterocycles. The van der Waals surface area contributed by atoms with Crippen LogP contribution in [0.4, 0.5) is 0 Å². The summed E-state index contributed by atoms with van der Waals surface area (Å²) in [5.74, 6) is 1.56. The van der Waals surface area contributed by atoms with E-state index >= 15 is 0 Å². The van der Waals surface area contributed by atoms with Crippen LogP contribution in [0, 0.1) is 11.8 Å². The van der Waals surface area contributed by atoms with Crippen LogP contribution in [0.3, 0.4) is 0 Å². The Kier molecular flexibility index (Phi) is 4.21. The Morgan fingerprint density at radius 3 is 2.80 bits per heavy atom. The van der Waals surface area contributed by atoms with E-state index in [-0.39, 0.29) is 5.92 Å². The van der Waals surface area contributed by atoms with Gasteiger partial charge in [0.1, 0.15) is 0 Å². The van der Waals surface area contributed by atoms with Gasteiger partial charge in [-0.1, -0.05) is 24.3 Å². The van der Waals surface area contributed by atoms with Gasteiger partial charge < -0.3 is 4.90 Å². The predicted molar refractivity (Wildman–Crippen MR) is 82.0 cm³/mol. The van der Waals surface area contributed by atoms with Crippen LogP contribution in [0.5, 0.6) is 0 Å². The fourth-order valence-corrected chi connectivity index (χ4v) is 3.35. The summed E-state index contributed by atoms with van der Waals surface area (Å²) in [5.41, 5.74) is 2.24. The summed E-state index contributed by atoms with van der Waals surface area (Å²) in [6.07, 6.45) is 7.11. The third-order valence-corrected chi connectivity index (χ3v) is 4.78. The summed E-state index contributed by atoms with van der Waals surface area (Å²) < 4.78 is 0. The molecular weight excluding hydrogens is 246 g/mol. The van der Waals surface area contributed by atoms with Crippen molar-refractivity contribution in [2.45, 2.75) is 38.5 Å². The number of carbonyl (C=O) groups is 1. The molecule has 20 heavy (non-hydrogen) atoms. The number of ketones is 1. The van der Waals surface area contributed by atoms with Crippen molar-refractivity contribution in [2.75, 3.05) is 20.1 Å². The lowest BCUT2D eigenvalue weighted by Gasteiger charge is -2.20. The molecule has 0 bridgehead atoms. The first-order valence-electron chi connectivity index (χ1n) is 8.04. The molecule has 0 aromatic heterocycles. The molecule has 1 saturated carbocycles. The van der Waals surface area contributed by atoms with Crippen LogP contribution in [0.25, 0.3) is 0 Å². The quantitative estimate of drug-likeness (QED) is 0.763. The first kappa shape index (κ1) is 13.8. The first-order chi connectivity index (χ1) is 9.74. The Labute approximate surface area is 122 Å². The van der Waals surface area contributed by atoms with Crippen molar-refractivity contribution in [2.24, 2.45) is 11.8 Å². The summed E-state index contributed by atoms with van der Waals surface area (Å²) in [5, 5.41) is 0. The molecule has 2 aliphatic rings. The molecule has 2 heteroatoms. The minimum Gasteiger partial charge on any atom is -0.306 e. The summed E-state index contributed by atoms with van der Waals surface area (Å²) in [6, 6.07) is 8.19. The van der Waals surface area contributed by atoms with Gasteiger partial charge in [-0.15, -0.1) is 0 Å². The second-order valence-electron chi connectivity index (χ2n) is 6.60. The van der Waals surface area contributed by atoms with Gasteiger partial charge in [0.05, 0.1) is 0 Å². The molecule has 1 aromatic carbocycles. The van der Waals surface area contributed by atoms with E-state index in [4.69, 9.17) is 0 Å².